The first-order valence-electron chi connectivity index (χ1n) is 12.0. The third-order valence-electron chi connectivity index (χ3n) is 7.07. The minimum Gasteiger partial charge on any atom is -0.483 e. The molecule has 0 bridgehead atoms. The summed E-state index contributed by atoms with van der Waals surface area (Å²) in [4.78, 5) is 28.5. The van der Waals surface area contributed by atoms with Gasteiger partial charge in [-0.3, -0.25) is 9.59 Å². The number of hydrogen-bond donors (Lipinski definition) is 2. The van der Waals surface area contributed by atoms with E-state index in [-0.39, 0.29) is 36.6 Å². The Bertz CT molecular complexity index is 1410. The smallest absolute Gasteiger partial charge is 0.483 e. The van der Waals surface area contributed by atoms with Crippen molar-refractivity contribution < 1.29 is 37.0 Å². The number of halogens is 4. The lowest BCUT2D eigenvalue weighted by molar-refractivity contribution is -0.274. The van der Waals surface area contributed by atoms with Crippen LogP contribution < -0.4 is 15.0 Å². The number of carboxylic acid groups (broad SMARTS) is 1. The van der Waals surface area contributed by atoms with Gasteiger partial charge in [-0.1, -0.05) is 6.58 Å². The molecule has 1 amide bonds. The van der Waals surface area contributed by atoms with Crippen molar-refractivity contribution in [2.75, 3.05) is 44.2 Å². The summed E-state index contributed by atoms with van der Waals surface area (Å²) in [6.45, 7) is 7.14. The van der Waals surface area contributed by atoms with E-state index < -0.39 is 18.1 Å². The standard InChI is InChI=1S/C24H22F4N6O2.CH2O2/c1-14(25)22(35)32-8-15(9-32)20-19-18(33-12-23(13-33)10-29-11-23)6-7-30-21(19)34(31-20)16-2-4-17(5-3-16)36-24(26,27)28;2-1-3/h2-7,15,29H,1,8-13H2;1H,(H,2,3). The van der Waals surface area contributed by atoms with E-state index >= 15 is 0 Å². The van der Waals surface area contributed by atoms with E-state index in [0.29, 0.717) is 17.0 Å². The highest BCUT2D eigenvalue weighted by molar-refractivity contribution is 5.95. The number of anilines is 1. The first-order chi connectivity index (χ1) is 18.5. The van der Waals surface area contributed by atoms with E-state index in [9.17, 15) is 22.4 Å². The number of benzene rings is 1. The number of nitrogens with zero attached hydrogens (tertiary/aromatic N) is 5. The molecule has 2 aromatic heterocycles. The SMILES string of the molecule is C=C(F)C(=O)N1CC(c2nn(-c3ccc(OC(F)(F)F)cc3)c3nccc(N4CC5(CNC5)C4)c23)C1.O=CO. The van der Waals surface area contributed by atoms with E-state index in [1.807, 2.05) is 6.07 Å². The molecule has 3 saturated heterocycles. The topological polar surface area (TPSA) is 113 Å². The zero-order valence-corrected chi connectivity index (χ0v) is 20.5. The molecule has 0 atom stereocenters. The van der Waals surface area contributed by atoms with Crippen molar-refractivity contribution in [3.05, 3.63) is 54.6 Å². The average molecular weight is 548 g/mol. The van der Waals surface area contributed by atoms with Gasteiger partial charge in [-0.15, -0.1) is 13.2 Å². The van der Waals surface area contributed by atoms with Crippen molar-refractivity contribution in [3.63, 3.8) is 0 Å². The van der Waals surface area contributed by atoms with Gasteiger partial charge in [-0.25, -0.2) is 14.1 Å². The van der Waals surface area contributed by atoms with E-state index in [0.717, 1.165) is 37.3 Å². The second kappa shape index (κ2) is 9.84. The van der Waals surface area contributed by atoms with E-state index in [2.05, 4.69) is 26.5 Å². The first-order valence-corrected chi connectivity index (χ1v) is 12.0. The van der Waals surface area contributed by atoms with Crippen LogP contribution in [0.25, 0.3) is 16.7 Å². The Kier molecular flexibility index (Phi) is 6.66. The molecule has 3 aromatic rings. The summed E-state index contributed by atoms with van der Waals surface area (Å²) < 4.78 is 56.6. The zero-order chi connectivity index (χ0) is 27.9. The summed E-state index contributed by atoms with van der Waals surface area (Å²) in [5.74, 6) is -2.23. The summed E-state index contributed by atoms with van der Waals surface area (Å²) >= 11 is 0. The molecule has 6 rings (SSSR count). The lowest BCUT2D eigenvalue weighted by atomic mass is 9.74. The quantitative estimate of drug-likeness (QED) is 0.285. The van der Waals surface area contributed by atoms with Gasteiger partial charge in [-0.05, 0) is 30.3 Å². The predicted molar refractivity (Wildman–Crippen MR) is 131 cm³/mol. The number of alkyl halides is 3. The van der Waals surface area contributed by atoms with Gasteiger partial charge in [0.15, 0.2) is 11.5 Å². The van der Waals surface area contributed by atoms with Crippen LogP contribution in [-0.2, 0) is 9.59 Å². The molecule has 5 heterocycles. The van der Waals surface area contributed by atoms with Crippen molar-refractivity contribution in [2.24, 2.45) is 5.41 Å². The number of ether oxygens (including phenoxy) is 1. The molecule has 14 heteroatoms. The van der Waals surface area contributed by atoms with Crippen molar-refractivity contribution in [2.45, 2.75) is 12.3 Å². The fourth-order valence-corrected chi connectivity index (χ4v) is 5.20. The van der Waals surface area contributed by atoms with Crippen LogP contribution in [0.2, 0.25) is 0 Å². The monoisotopic (exact) mass is 548 g/mol. The van der Waals surface area contributed by atoms with Crippen molar-refractivity contribution in [1.29, 1.82) is 0 Å². The number of hydrogen-bond acceptors (Lipinski definition) is 7. The number of carbonyl (C=O) groups is 2. The number of likely N-dealkylation sites (tertiary alicyclic amines) is 1. The maximum absolute atomic E-state index is 13.3. The summed E-state index contributed by atoms with van der Waals surface area (Å²) in [5.41, 5.74) is 3.03. The van der Waals surface area contributed by atoms with Crippen LogP contribution in [0.3, 0.4) is 0 Å². The fraction of sp³-hybridized carbons (Fsp3) is 0.360. The Morgan fingerprint density at radius 3 is 2.36 bits per heavy atom. The summed E-state index contributed by atoms with van der Waals surface area (Å²) in [5, 5.41) is 15.8. The molecule has 0 radical (unpaired) electrons. The molecule has 2 N–H and O–H groups in total. The second-order valence-electron chi connectivity index (χ2n) is 9.74. The largest absolute Gasteiger partial charge is 0.573 e. The van der Waals surface area contributed by atoms with Gasteiger partial charge >= 0.3 is 6.36 Å². The van der Waals surface area contributed by atoms with Crippen LogP contribution in [0, 0.1) is 5.41 Å². The van der Waals surface area contributed by atoms with Gasteiger partial charge < -0.3 is 25.0 Å². The van der Waals surface area contributed by atoms with E-state index in [1.165, 1.54) is 29.2 Å². The predicted octanol–water partition coefficient (Wildman–Crippen LogP) is 2.84. The molecule has 39 heavy (non-hydrogen) atoms. The van der Waals surface area contributed by atoms with Gasteiger partial charge in [0.25, 0.3) is 12.4 Å². The number of fused-ring (bicyclic) bond motifs is 1. The molecule has 1 spiro atoms. The summed E-state index contributed by atoms with van der Waals surface area (Å²) in [6.07, 6.45) is -3.10. The lowest BCUT2D eigenvalue weighted by Gasteiger charge is -2.57. The van der Waals surface area contributed by atoms with Gasteiger partial charge in [0.2, 0.25) is 0 Å². The first kappa shape index (κ1) is 26.4. The zero-order valence-electron chi connectivity index (χ0n) is 20.5. The number of rotatable bonds is 5. The number of amides is 1. The molecule has 3 aliphatic rings. The Morgan fingerprint density at radius 2 is 1.82 bits per heavy atom. The maximum Gasteiger partial charge on any atom is 0.573 e. The second-order valence-corrected chi connectivity index (χ2v) is 9.74. The third-order valence-corrected chi connectivity index (χ3v) is 7.07. The fourth-order valence-electron chi connectivity index (χ4n) is 5.20. The Labute approximate surface area is 219 Å². The normalized spacial score (nSPS) is 17.9. The number of carbonyl (C=O) groups excluding carboxylic acids is 1. The van der Waals surface area contributed by atoms with Crippen LogP contribution in [0.5, 0.6) is 5.75 Å². The Hall–Kier alpha value is -4.20. The number of nitrogens with one attached hydrogen (secondary N) is 1. The lowest BCUT2D eigenvalue weighted by Crippen LogP contribution is -2.71. The van der Waals surface area contributed by atoms with Crippen LogP contribution in [-0.4, -0.2) is 82.8 Å². The van der Waals surface area contributed by atoms with E-state index in [4.69, 9.17) is 15.0 Å². The van der Waals surface area contributed by atoms with Crippen LogP contribution in [0.4, 0.5) is 23.2 Å². The molecular weight excluding hydrogens is 524 g/mol. The molecule has 10 nitrogen and oxygen atoms in total. The van der Waals surface area contributed by atoms with Crippen LogP contribution in [0.15, 0.2) is 48.9 Å². The molecule has 1 aromatic carbocycles. The van der Waals surface area contributed by atoms with Crippen molar-refractivity contribution in [3.8, 4) is 11.4 Å². The van der Waals surface area contributed by atoms with Crippen molar-refractivity contribution >= 4 is 29.1 Å². The highest BCUT2D eigenvalue weighted by atomic mass is 19.4. The molecule has 0 unspecified atom stereocenters. The minimum atomic E-state index is -4.79. The van der Waals surface area contributed by atoms with E-state index in [1.54, 1.807) is 10.9 Å². The van der Waals surface area contributed by atoms with Gasteiger partial charge in [0.05, 0.1) is 22.5 Å². The minimum absolute atomic E-state index is 0.145. The van der Waals surface area contributed by atoms with Crippen LogP contribution in [0.1, 0.15) is 11.6 Å². The average Bonchev–Trinajstić information content (AvgIpc) is 3.16. The maximum atomic E-state index is 13.3. The number of aromatic nitrogens is 3. The molecule has 3 fully saturated rings. The molecule has 3 aliphatic heterocycles. The summed E-state index contributed by atoms with van der Waals surface area (Å²) in [7, 11) is 0. The number of pyridine rings is 1. The molecule has 0 saturated carbocycles. The molecule has 206 valence electrons. The van der Waals surface area contributed by atoms with Gasteiger partial charge in [0, 0.05) is 56.8 Å². The summed E-state index contributed by atoms with van der Waals surface area (Å²) in [6, 6.07) is 7.34. The van der Waals surface area contributed by atoms with Crippen molar-refractivity contribution in [1.82, 2.24) is 25.0 Å². The molecular formula is C25H24F4N6O4. The van der Waals surface area contributed by atoms with Crippen LogP contribution >= 0.6 is 0 Å². The third kappa shape index (κ3) is 4.99. The molecule has 0 aliphatic carbocycles. The highest BCUT2D eigenvalue weighted by Gasteiger charge is 2.48. The van der Waals surface area contributed by atoms with Gasteiger partial charge in [-0.2, -0.15) is 5.10 Å². The highest BCUT2D eigenvalue weighted by Crippen LogP contribution is 2.43. The Morgan fingerprint density at radius 1 is 1.18 bits per heavy atom. The Balaban J connectivity index is 0.000000983. The van der Waals surface area contributed by atoms with Gasteiger partial charge in [0.1, 0.15) is 5.75 Å².